The van der Waals surface area contributed by atoms with Gasteiger partial charge in [0, 0.05) is 16.9 Å². The normalized spacial score (nSPS) is 10.9. The van der Waals surface area contributed by atoms with Gasteiger partial charge in [0.15, 0.2) is 0 Å². The zero-order valence-electron chi connectivity index (χ0n) is 17.1. The van der Waals surface area contributed by atoms with E-state index in [9.17, 15) is 0 Å². The first kappa shape index (κ1) is 20.0. The van der Waals surface area contributed by atoms with Gasteiger partial charge in [-0.25, -0.2) is 0 Å². The van der Waals surface area contributed by atoms with Crippen molar-refractivity contribution >= 4 is 11.4 Å². The van der Waals surface area contributed by atoms with Crippen molar-refractivity contribution in [2.24, 2.45) is 0 Å². The first-order valence-electron chi connectivity index (χ1n) is 9.85. The Labute approximate surface area is 169 Å². The topological polar surface area (TPSA) is 15.7 Å². The third kappa shape index (κ3) is 5.37. The van der Waals surface area contributed by atoms with Crippen molar-refractivity contribution in [2.75, 3.05) is 32.6 Å². The van der Waals surface area contributed by atoms with Crippen molar-refractivity contribution in [2.45, 2.75) is 19.4 Å². The highest BCUT2D eigenvalue weighted by Crippen LogP contribution is 2.30. The molecule has 0 fully saturated rings. The number of aryl methyl sites for hydroxylation is 1. The van der Waals surface area contributed by atoms with E-state index in [2.05, 4.69) is 90.6 Å². The van der Waals surface area contributed by atoms with E-state index >= 15 is 0 Å². The summed E-state index contributed by atoms with van der Waals surface area (Å²) in [5.74, 6) is 0.920. The monoisotopic (exact) mass is 374 g/mol. The Bertz CT molecular complexity index is 844. The maximum Gasteiger partial charge on any atom is 0.123 e. The summed E-state index contributed by atoms with van der Waals surface area (Å²) in [6.07, 6.45) is 2.28. The van der Waals surface area contributed by atoms with Gasteiger partial charge in [0.1, 0.15) is 5.75 Å². The van der Waals surface area contributed by atoms with E-state index in [4.69, 9.17) is 4.74 Å². The molecule has 0 amide bonds. The molecule has 0 aliphatic heterocycles. The molecule has 28 heavy (non-hydrogen) atoms. The molecule has 0 N–H and O–H groups in total. The zero-order valence-corrected chi connectivity index (χ0v) is 17.1. The minimum absolute atomic E-state index is 0.758. The van der Waals surface area contributed by atoms with Crippen LogP contribution < -0.4 is 9.64 Å². The highest BCUT2D eigenvalue weighted by Gasteiger charge is 2.13. The van der Waals surface area contributed by atoms with Crippen LogP contribution in [0.1, 0.15) is 17.5 Å². The molecule has 3 aromatic carbocycles. The standard InChI is InChI=1S/C25H30N2O/c1-26(2)19-9-10-21-15-17-24(18-16-21)27(23-12-5-4-6-13-23)20-22-11-7-8-14-25(22)28-3/h4-8,11-18H,9-10,19-20H2,1-3H3. The molecular formula is C25H30N2O. The van der Waals surface area contributed by atoms with Crippen LogP contribution in [0.3, 0.4) is 0 Å². The fourth-order valence-corrected chi connectivity index (χ4v) is 3.39. The summed E-state index contributed by atoms with van der Waals surface area (Å²) in [7, 11) is 5.98. The lowest BCUT2D eigenvalue weighted by Crippen LogP contribution is -2.17. The maximum atomic E-state index is 5.57. The van der Waals surface area contributed by atoms with E-state index in [-0.39, 0.29) is 0 Å². The van der Waals surface area contributed by atoms with E-state index < -0.39 is 0 Å². The highest BCUT2D eigenvalue weighted by atomic mass is 16.5. The lowest BCUT2D eigenvalue weighted by atomic mass is 10.1. The molecule has 3 rings (SSSR count). The largest absolute Gasteiger partial charge is 0.496 e. The van der Waals surface area contributed by atoms with Crippen LogP contribution in [0, 0.1) is 0 Å². The van der Waals surface area contributed by atoms with Crippen molar-refractivity contribution < 1.29 is 4.74 Å². The summed E-state index contributed by atoms with van der Waals surface area (Å²) >= 11 is 0. The van der Waals surface area contributed by atoms with Gasteiger partial charge in [-0.05, 0) is 69.4 Å². The predicted molar refractivity (Wildman–Crippen MR) is 119 cm³/mol. The van der Waals surface area contributed by atoms with Gasteiger partial charge in [-0.1, -0.05) is 48.5 Å². The Balaban J connectivity index is 1.83. The van der Waals surface area contributed by atoms with E-state index in [0.29, 0.717) is 0 Å². The van der Waals surface area contributed by atoms with Crippen LogP contribution in [-0.4, -0.2) is 32.6 Å². The molecule has 3 aromatic rings. The van der Waals surface area contributed by atoms with Crippen molar-refractivity contribution in [3.8, 4) is 5.75 Å². The van der Waals surface area contributed by atoms with Crippen LogP contribution in [0.15, 0.2) is 78.9 Å². The summed E-state index contributed by atoms with van der Waals surface area (Å²) in [6.45, 7) is 1.87. The molecule has 0 heterocycles. The number of hydrogen-bond donors (Lipinski definition) is 0. The van der Waals surface area contributed by atoms with Crippen LogP contribution in [0.5, 0.6) is 5.75 Å². The summed E-state index contributed by atoms with van der Waals surface area (Å²) in [4.78, 5) is 4.57. The Hall–Kier alpha value is -2.78. The Morgan fingerprint density at radius 2 is 1.39 bits per heavy atom. The molecule has 0 spiro atoms. The van der Waals surface area contributed by atoms with Crippen molar-refractivity contribution in [1.82, 2.24) is 4.90 Å². The number of hydrogen-bond acceptors (Lipinski definition) is 3. The van der Waals surface area contributed by atoms with Gasteiger partial charge < -0.3 is 14.5 Å². The summed E-state index contributed by atoms with van der Waals surface area (Å²) in [5.41, 5.74) is 4.92. The van der Waals surface area contributed by atoms with E-state index in [1.807, 2.05) is 12.1 Å². The third-order valence-electron chi connectivity index (χ3n) is 4.91. The maximum absolute atomic E-state index is 5.57. The number of methoxy groups -OCH3 is 1. The molecule has 0 atom stereocenters. The third-order valence-corrected chi connectivity index (χ3v) is 4.91. The number of ether oxygens (including phenoxy) is 1. The van der Waals surface area contributed by atoms with Gasteiger partial charge in [0.05, 0.1) is 13.7 Å². The Kier molecular flexibility index (Phi) is 7.10. The average Bonchev–Trinajstić information content (AvgIpc) is 2.73. The van der Waals surface area contributed by atoms with Gasteiger partial charge >= 0.3 is 0 Å². The van der Waals surface area contributed by atoms with E-state index in [1.165, 1.54) is 28.9 Å². The molecule has 0 aromatic heterocycles. The number of nitrogens with zero attached hydrogens (tertiary/aromatic N) is 2. The van der Waals surface area contributed by atoms with Crippen LogP contribution in [0.2, 0.25) is 0 Å². The second-order valence-corrected chi connectivity index (χ2v) is 7.31. The zero-order chi connectivity index (χ0) is 19.8. The molecule has 0 unspecified atom stereocenters. The first-order chi connectivity index (χ1) is 13.7. The number of benzene rings is 3. The number of para-hydroxylation sites is 2. The first-order valence-corrected chi connectivity index (χ1v) is 9.85. The lowest BCUT2D eigenvalue weighted by molar-refractivity contribution is 0.400. The number of anilines is 2. The summed E-state index contributed by atoms with van der Waals surface area (Å²) in [5, 5.41) is 0. The van der Waals surface area contributed by atoms with Gasteiger partial charge in [0.25, 0.3) is 0 Å². The quantitative estimate of drug-likeness (QED) is 0.490. The van der Waals surface area contributed by atoms with Gasteiger partial charge in [0.2, 0.25) is 0 Å². The van der Waals surface area contributed by atoms with E-state index in [0.717, 1.165) is 25.3 Å². The minimum atomic E-state index is 0.758. The fourth-order valence-electron chi connectivity index (χ4n) is 3.39. The lowest BCUT2D eigenvalue weighted by Gasteiger charge is -2.26. The molecule has 0 aliphatic carbocycles. The SMILES string of the molecule is COc1ccccc1CN(c1ccccc1)c1ccc(CCCN(C)C)cc1. The van der Waals surface area contributed by atoms with Crippen LogP contribution in [0.25, 0.3) is 0 Å². The second kappa shape index (κ2) is 9.95. The molecule has 3 heteroatoms. The molecule has 146 valence electrons. The molecular weight excluding hydrogens is 344 g/mol. The molecule has 0 radical (unpaired) electrons. The molecule has 0 bridgehead atoms. The van der Waals surface area contributed by atoms with Gasteiger partial charge in [-0.15, -0.1) is 0 Å². The molecule has 0 saturated carbocycles. The van der Waals surface area contributed by atoms with Gasteiger partial charge in [-0.2, -0.15) is 0 Å². The Morgan fingerprint density at radius 3 is 2.07 bits per heavy atom. The summed E-state index contributed by atoms with van der Waals surface area (Å²) < 4.78 is 5.57. The Morgan fingerprint density at radius 1 is 0.750 bits per heavy atom. The van der Waals surface area contributed by atoms with Crippen LogP contribution in [-0.2, 0) is 13.0 Å². The van der Waals surface area contributed by atoms with Crippen LogP contribution in [0.4, 0.5) is 11.4 Å². The highest BCUT2D eigenvalue weighted by molar-refractivity contribution is 5.64. The smallest absolute Gasteiger partial charge is 0.123 e. The van der Waals surface area contributed by atoms with E-state index in [1.54, 1.807) is 7.11 Å². The van der Waals surface area contributed by atoms with Crippen LogP contribution >= 0.6 is 0 Å². The summed E-state index contributed by atoms with van der Waals surface area (Å²) in [6, 6.07) is 27.7. The minimum Gasteiger partial charge on any atom is -0.496 e. The molecule has 3 nitrogen and oxygen atoms in total. The van der Waals surface area contributed by atoms with Crippen molar-refractivity contribution in [3.63, 3.8) is 0 Å². The number of rotatable bonds is 9. The van der Waals surface area contributed by atoms with Crippen molar-refractivity contribution in [1.29, 1.82) is 0 Å². The molecule has 0 saturated heterocycles. The fraction of sp³-hybridized carbons (Fsp3) is 0.280. The van der Waals surface area contributed by atoms with Crippen molar-refractivity contribution in [3.05, 3.63) is 90.0 Å². The predicted octanol–water partition coefficient (Wildman–Crippen LogP) is 5.53. The molecule has 0 aliphatic rings. The second-order valence-electron chi connectivity index (χ2n) is 7.31. The average molecular weight is 375 g/mol. The van der Waals surface area contributed by atoms with Gasteiger partial charge in [-0.3, -0.25) is 0 Å².